The Kier molecular flexibility index (Phi) is 7.79. The van der Waals surface area contributed by atoms with Gasteiger partial charge in [0.25, 0.3) is 0 Å². The van der Waals surface area contributed by atoms with Crippen molar-refractivity contribution in [1.82, 2.24) is 15.1 Å². The van der Waals surface area contributed by atoms with Crippen LogP contribution in [0.1, 0.15) is 17.5 Å². The Morgan fingerprint density at radius 2 is 1.79 bits per heavy atom. The van der Waals surface area contributed by atoms with Gasteiger partial charge >= 0.3 is 0 Å². The lowest BCUT2D eigenvalue weighted by Crippen LogP contribution is -2.52. The highest BCUT2D eigenvalue weighted by Crippen LogP contribution is 2.39. The molecule has 1 atom stereocenters. The van der Waals surface area contributed by atoms with Crippen molar-refractivity contribution in [3.05, 3.63) is 99.6 Å². The number of amides is 1. The molecular weight excluding hydrogens is 544 g/mol. The minimum absolute atomic E-state index is 0.00591. The highest BCUT2D eigenvalue weighted by atomic mass is 35.5. The predicted molar refractivity (Wildman–Crippen MR) is 149 cm³/mol. The number of carbonyl (C=O) groups excluding carboxylic acids is 1. The number of carbonyl (C=O) groups is 1. The van der Waals surface area contributed by atoms with Gasteiger partial charge in [0.15, 0.2) is 9.84 Å². The summed E-state index contributed by atoms with van der Waals surface area (Å²) >= 11 is 6.64. The second-order valence-electron chi connectivity index (χ2n) is 10.5. The monoisotopic (exact) mass is 573 g/mol. The first kappa shape index (κ1) is 27.7. The maximum atomic E-state index is 13.8. The molecule has 3 aliphatic rings. The Morgan fingerprint density at radius 1 is 1.08 bits per heavy atom. The Hall–Kier alpha value is -2.85. The summed E-state index contributed by atoms with van der Waals surface area (Å²) < 4.78 is 52.7. The van der Waals surface area contributed by atoms with E-state index in [0.29, 0.717) is 56.3 Å². The smallest absolute Gasteiger partial charge is 0.234 e. The summed E-state index contributed by atoms with van der Waals surface area (Å²) in [5.41, 5.74) is 2.39. The van der Waals surface area contributed by atoms with Crippen LogP contribution >= 0.6 is 11.6 Å². The number of benzene rings is 2. The van der Waals surface area contributed by atoms with Crippen LogP contribution in [0.5, 0.6) is 0 Å². The fraction of sp³-hybridized carbons (Fsp3) is 0.345. The van der Waals surface area contributed by atoms with Crippen molar-refractivity contribution in [2.45, 2.75) is 11.8 Å². The van der Waals surface area contributed by atoms with E-state index in [0.717, 1.165) is 42.1 Å². The van der Waals surface area contributed by atoms with Gasteiger partial charge in [-0.15, -0.1) is 0 Å². The molecule has 0 radical (unpaired) electrons. The average Bonchev–Trinajstić information content (AvgIpc) is 2.83. The molecule has 0 aromatic heterocycles. The van der Waals surface area contributed by atoms with E-state index in [9.17, 15) is 22.0 Å². The Labute approximate surface area is 232 Å². The summed E-state index contributed by atoms with van der Waals surface area (Å²) in [7, 11) is -3.69. The van der Waals surface area contributed by atoms with Crippen molar-refractivity contribution in [3.8, 4) is 0 Å². The van der Waals surface area contributed by atoms with Gasteiger partial charge in [0, 0.05) is 62.0 Å². The van der Waals surface area contributed by atoms with Crippen LogP contribution in [0.3, 0.4) is 0 Å². The molecule has 2 aromatic rings. The maximum Gasteiger partial charge on any atom is 0.234 e. The number of likely N-dealkylation sites (tertiary alicyclic amines) is 1. The van der Waals surface area contributed by atoms with E-state index >= 15 is 0 Å². The lowest BCUT2D eigenvalue weighted by molar-refractivity contribution is -0.124. The SMILES string of the molecule is CS(=O)(=O)C(=C1CN(CC2=CC[C@](CN3CCNC(=O)C3)(c3ccccc3Cl)C=C2)C1)c1cc(F)cc(F)c1. The van der Waals surface area contributed by atoms with Gasteiger partial charge in [0.05, 0.1) is 11.4 Å². The zero-order valence-electron chi connectivity index (χ0n) is 21.6. The van der Waals surface area contributed by atoms with E-state index in [-0.39, 0.29) is 21.8 Å². The second-order valence-corrected chi connectivity index (χ2v) is 12.9. The minimum Gasteiger partial charge on any atom is -0.354 e. The summed E-state index contributed by atoms with van der Waals surface area (Å²) in [6.07, 6.45) is 8.19. The van der Waals surface area contributed by atoms with Crippen molar-refractivity contribution in [3.63, 3.8) is 0 Å². The fourth-order valence-corrected chi connectivity index (χ4v) is 7.22. The lowest BCUT2D eigenvalue weighted by atomic mass is 9.73. The molecule has 5 rings (SSSR count). The van der Waals surface area contributed by atoms with E-state index in [1.165, 1.54) is 0 Å². The molecule has 10 heteroatoms. The highest BCUT2D eigenvalue weighted by Gasteiger charge is 2.36. The van der Waals surface area contributed by atoms with E-state index in [1.807, 2.05) is 24.3 Å². The molecule has 2 aromatic carbocycles. The first-order valence-electron chi connectivity index (χ1n) is 12.8. The molecule has 2 fully saturated rings. The van der Waals surface area contributed by atoms with Gasteiger partial charge in [0.1, 0.15) is 11.6 Å². The predicted octanol–water partition coefficient (Wildman–Crippen LogP) is 3.95. The van der Waals surface area contributed by atoms with Crippen molar-refractivity contribution in [1.29, 1.82) is 0 Å². The Morgan fingerprint density at radius 3 is 2.41 bits per heavy atom. The molecule has 6 nitrogen and oxygen atoms in total. The van der Waals surface area contributed by atoms with Gasteiger partial charge in [-0.2, -0.15) is 0 Å². The van der Waals surface area contributed by atoms with Crippen molar-refractivity contribution >= 4 is 32.3 Å². The van der Waals surface area contributed by atoms with Crippen molar-refractivity contribution in [2.24, 2.45) is 0 Å². The summed E-state index contributed by atoms with van der Waals surface area (Å²) in [5.74, 6) is -1.61. The van der Waals surface area contributed by atoms with Gasteiger partial charge < -0.3 is 5.32 Å². The quantitative estimate of drug-likeness (QED) is 0.543. The molecule has 2 saturated heterocycles. The zero-order chi connectivity index (χ0) is 27.8. The molecule has 1 N–H and O–H groups in total. The highest BCUT2D eigenvalue weighted by molar-refractivity contribution is 8.00. The summed E-state index contributed by atoms with van der Waals surface area (Å²) in [6.45, 7) is 3.78. The van der Waals surface area contributed by atoms with Gasteiger partial charge in [-0.1, -0.05) is 48.0 Å². The number of hydrogen-bond donors (Lipinski definition) is 1. The van der Waals surface area contributed by atoms with Crippen LogP contribution in [0.4, 0.5) is 8.78 Å². The van der Waals surface area contributed by atoms with Crippen LogP contribution < -0.4 is 5.32 Å². The summed E-state index contributed by atoms with van der Waals surface area (Å²) in [4.78, 5) is 16.2. The molecule has 2 aliphatic heterocycles. The molecule has 1 aliphatic carbocycles. The standard InChI is InChI=1S/C29H30ClF2N3O3S/c1-39(37,38)28(21-12-23(31)14-24(32)13-21)22-16-35(17-22)15-20-6-8-29(9-7-20,25-4-2-3-5-26(25)30)19-34-11-10-33-27(36)18-34/h2-8,12-14H,9-11,15-19H2,1H3,(H,33,36)/t29-/m1/s1. The number of piperazine rings is 1. The molecule has 0 saturated carbocycles. The third-order valence-corrected chi connectivity index (χ3v) is 9.03. The van der Waals surface area contributed by atoms with Gasteiger partial charge in [0.2, 0.25) is 5.91 Å². The molecule has 2 heterocycles. The first-order chi connectivity index (χ1) is 18.5. The molecule has 39 heavy (non-hydrogen) atoms. The second kappa shape index (κ2) is 11.0. The molecule has 0 bridgehead atoms. The summed E-state index contributed by atoms with van der Waals surface area (Å²) in [6, 6.07) is 10.6. The number of allylic oxidation sites excluding steroid dienone is 1. The van der Waals surface area contributed by atoms with E-state index in [1.54, 1.807) is 0 Å². The lowest BCUT2D eigenvalue weighted by Gasteiger charge is -2.40. The van der Waals surface area contributed by atoms with Gasteiger partial charge in [-0.25, -0.2) is 17.2 Å². The normalized spacial score (nSPS) is 22.3. The number of rotatable bonds is 7. The van der Waals surface area contributed by atoms with Gasteiger partial charge in [-0.05, 0) is 46.9 Å². The fourth-order valence-electron chi connectivity index (χ4n) is 5.70. The number of halogens is 3. The van der Waals surface area contributed by atoms with Gasteiger partial charge in [-0.3, -0.25) is 14.6 Å². The van der Waals surface area contributed by atoms with Crippen LogP contribution in [-0.2, 0) is 20.0 Å². The third-order valence-electron chi connectivity index (χ3n) is 7.43. The number of hydrogen-bond acceptors (Lipinski definition) is 5. The summed E-state index contributed by atoms with van der Waals surface area (Å²) in [5, 5.41) is 3.55. The molecular formula is C29H30ClF2N3O3S. The van der Waals surface area contributed by atoms with Crippen LogP contribution in [-0.4, -0.2) is 76.2 Å². The van der Waals surface area contributed by atoms with E-state index < -0.39 is 21.5 Å². The molecule has 1 amide bonds. The number of nitrogens with one attached hydrogen (secondary N) is 1. The molecule has 206 valence electrons. The zero-order valence-corrected chi connectivity index (χ0v) is 23.2. The molecule has 0 unspecified atom stereocenters. The minimum atomic E-state index is -3.69. The Bertz CT molecular complexity index is 1480. The molecule has 0 spiro atoms. The first-order valence-corrected chi connectivity index (χ1v) is 15.0. The van der Waals surface area contributed by atoms with Crippen LogP contribution in [0.25, 0.3) is 4.91 Å². The Balaban J connectivity index is 1.32. The van der Waals surface area contributed by atoms with Crippen molar-refractivity contribution < 1.29 is 22.0 Å². The van der Waals surface area contributed by atoms with E-state index in [2.05, 4.69) is 33.3 Å². The maximum absolute atomic E-state index is 13.8. The van der Waals surface area contributed by atoms with E-state index in [4.69, 9.17) is 11.6 Å². The topological polar surface area (TPSA) is 69.7 Å². The van der Waals surface area contributed by atoms with Crippen LogP contribution in [0.2, 0.25) is 5.02 Å². The number of sulfone groups is 1. The third kappa shape index (κ3) is 6.17. The largest absolute Gasteiger partial charge is 0.354 e. The van der Waals surface area contributed by atoms with Crippen LogP contribution in [0.15, 0.2) is 71.8 Å². The number of nitrogens with zero attached hydrogens (tertiary/aromatic N) is 2. The van der Waals surface area contributed by atoms with Crippen molar-refractivity contribution in [2.75, 3.05) is 52.1 Å². The average molecular weight is 574 g/mol. The van der Waals surface area contributed by atoms with Crippen LogP contribution in [0, 0.1) is 11.6 Å².